The van der Waals surface area contributed by atoms with Gasteiger partial charge in [0.2, 0.25) is 0 Å². The van der Waals surface area contributed by atoms with E-state index in [1.54, 1.807) is 55.1 Å². The molecule has 0 aromatic carbocycles. The van der Waals surface area contributed by atoms with Gasteiger partial charge in [0.05, 0.1) is 50.1 Å². The van der Waals surface area contributed by atoms with E-state index < -0.39 is 0 Å². The molecule has 61 heavy (non-hydrogen) atoms. The van der Waals surface area contributed by atoms with Crippen LogP contribution < -0.4 is 10.2 Å². The van der Waals surface area contributed by atoms with Gasteiger partial charge < -0.3 is 38.6 Å². The van der Waals surface area contributed by atoms with Crippen molar-refractivity contribution in [2.45, 2.75) is 120 Å². The number of ether oxygens (including phenoxy) is 6. The maximum atomic E-state index is 12.5. The molecule has 0 saturated carbocycles. The van der Waals surface area contributed by atoms with E-state index in [1.165, 1.54) is 75.5 Å². The summed E-state index contributed by atoms with van der Waals surface area (Å²) < 4.78 is 30.7. The Hall–Kier alpha value is -0.311. The molecule has 0 amide bonds. The summed E-state index contributed by atoms with van der Waals surface area (Å²) in [4.78, 5) is 8.92. The first-order chi connectivity index (χ1) is 28.3. The summed E-state index contributed by atoms with van der Waals surface area (Å²) in [7, 11) is 10.3. The van der Waals surface area contributed by atoms with Gasteiger partial charge in [0, 0.05) is 169 Å². The standard InChI is InChI=1S/C24H40N2O2.2C12H27O3P.Tc/c1-21(2)11-19(27)17(23(5,6)15-21)13-25-9-10-26-14-18-20(28)12-22(3,4)16-24(18,7)8;2*1-13-7-4-10-16(11-5-8-14-2)12-6-9-15-3;/h13-14,27-28H,9-12,15-16H2,1-8H3;2*4-12H2,1-3H3;/i;;;1+1. The molecule has 0 aromatic heterocycles. The van der Waals surface area contributed by atoms with Crippen molar-refractivity contribution in [1.82, 2.24) is 0 Å². The van der Waals surface area contributed by atoms with Crippen molar-refractivity contribution in [1.29, 1.82) is 0 Å². The van der Waals surface area contributed by atoms with Gasteiger partial charge in [-0.15, -0.1) is 11.5 Å². The van der Waals surface area contributed by atoms with E-state index in [9.17, 15) is 10.2 Å². The minimum atomic E-state index is -0.202. The van der Waals surface area contributed by atoms with Gasteiger partial charge in [-0.1, -0.05) is 55.4 Å². The summed E-state index contributed by atoms with van der Waals surface area (Å²) in [5, 5.41) is 25.0. The molecule has 0 unspecified atom stereocenters. The molecule has 0 fully saturated rings. The largest absolute Gasteiger partial charge is 0.875 e. The van der Waals surface area contributed by atoms with Crippen LogP contribution in [0, 0.1) is 21.7 Å². The first kappa shape index (κ1) is 62.8. The van der Waals surface area contributed by atoms with E-state index in [2.05, 4.69) is 65.4 Å². The third-order valence-electron chi connectivity index (χ3n) is 11.2. The normalized spacial score (nSPS) is 18.0. The monoisotopic (exact) mass is 988 g/mol. The van der Waals surface area contributed by atoms with E-state index in [1.807, 2.05) is 0 Å². The third kappa shape index (κ3) is 30.5. The summed E-state index contributed by atoms with van der Waals surface area (Å²) in [5.41, 5.74) is 1.47. The minimum Gasteiger partial charge on any atom is -0.875 e. The fourth-order valence-electron chi connectivity index (χ4n) is 8.99. The van der Waals surface area contributed by atoms with Crippen LogP contribution in [0.25, 0.3) is 0 Å². The Balaban J connectivity index is 0. The van der Waals surface area contributed by atoms with Crippen molar-refractivity contribution in [3.05, 3.63) is 22.7 Å². The molecule has 0 aromatic rings. The second kappa shape index (κ2) is 35.9. The zero-order chi connectivity index (χ0) is 45.5. The number of methoxy groups -OCH3 is 6. The number of hydrogen-bond donors (Lipinski definition) is 0. The predicted octanol–water partition coefficient (Wildman–Crippen LogP) is 8.67. The van der Waals surface area contributed by atoms with Crippen LogP contribution in [-0.2, 0) is 48.5 Å². The van der Waals surface area contributed by atoms with Gasteiger partial charge in [0.15, 0.2) is 0 Å². The van der Waals surface area contributed by atoms with Gasteiger partial charge in [0.25, 0.3) is 0 Å². The summed E-state index contributed by atoms with van der Waals surface area (Å²) >= 11 is 0. The van der Waals surface area contributed by atoms with Crippen LogP contribution in [-0.4, -0.2) is 145 Å². The van der Waals surface area contributed by atoms with Gasteiger partial charge in [-0.2, -0.15) is 0 Å². The zero-order valence-electron chi connectivity index (χ0n) is 41.7. The Bertz CT molecular complexity index is 1090. The second-order valence-electron chi connectivity index (χ2n) is 19.6. The first-order valence-corrected chi connectivity index (χ1v) is 27.0. The molecule has 1 radical (unpaired) electrons. The fraction of sp³-hybridized carbons (Fsp3) is 0.875. The van der Waals surface area contributed by atoms with E-state index in [0.29, 0.717) is 25.9 Å². The number of aliphatic imine (C=N–C) groups is 2. The topological polar surface area (TPSA) is 126 Å². The number of hydrogen-bond acceptors (Lipinski definition) is 10. The van der Waals surface area contributed by atoms with Crippen LogP contribution in [0.15, 0.2) is 32.6 Å². The average molecular weight is 988 g/mol. The predicted molar refractivity (Wildman–Crippen MR) is 259 cm³/mol. The smallest absolute Gasteiger partial charge is 0.0593 e. The molecule has 0 saturated heterocycles. The molecular weight excluding hydrogens is 893 g/mol. The number of rotatable bonds is 29. The fourth-order valence-corrected chi connectivity index (χ4v) is 14.4. The van der Waals surface area contributed by atoms with Crippen LogP contribution >= 0.6 is 15.8 Å². The SMILES string of the molecule is CC1(C)CC([O-])=C(C=NCCN=CC2=C([O-])CC(C)(C)CC2(C)C)C(C)(C)C1.COCCC[PH+](CCCOC)CCCOC.COCCC[PH+](CCCOC)CCCOC.[99Tc]. The average Bonchev–Trinajstić information content (AvgIpc) is 3.14. The Morgan fingerprint density at radius 2 is 0.689 bits per heavy atom. The van der Waals surface area contributed by atoms with Gasteiger partial charge >= 0.3 is 0 Å². The van der Waals surface area contributed by atoms with Gasteiger partial charge in [0.1, 0.15) is 0 Å². The van der Waals surface area contributed by atoms with E-state index in [4.69, 9.17) is 28.4 Å². The van der Waals surface area contributed by atoms with E-state index in [0.717, 1.165) is 63.6 Å². The Labute approximate surface area is 391 Å². The minimum absolute atomic E-state index is 0. The summed E-state index contributed by atoms with van der Waals surface area (Å²) in [6.45, 7) is 23.6. The molecule has 13 heteroatoms. The summed E-state index contributed by atoms with van der Waals surface area (Å²) in [6.07, 6.45) is 22.1. The molecule has 0 bridgehead atoms. The van der Waals surface area contributed by atoms with Crippen molar-refractivity contribution in [2.24, 2.45) is 31.6 Å². The van der Waals surface area contributed by atoms with Crippen molar-refractivity contribution in [3.8, 4) is 0 Å². The van der Waals surface area contributed by atoms with E-state index in [-0.39, 0.29) is 69.1 Å². The maximum Gasteiger partial charge on any atom is 0.0593 e. The van der Waals surface area contributed by atoms with Crippen LogP contribution in [0.5, 0.6) is 0 Å². The molecule has 10 nitrogen and oxygen atoms in total. The Morgan fingerprint density at radius 3 is 0.885 bits per heavy atom. The van der Waals surface area contributed by atoms with Crippen molar-refractivity contribution < 1.29 is 58.7 Å². The molecule has 0 heterocycles. The molecular formula is C48H94N2O8P2Tc. The molecule has 2 aliphatic rings. The third-order valence-corrected chi connectivity index (χ3v) is 17.6. The quantitative estimate of drug-likeness (QED) is 0.0415. The molecule has 0 spiro atoms. The molecule has 0 N–H and O–H groups in total. The summed E-state index contributed by atoms with van der Waals surface area (Å²) in [5.74, 6) is 0.419. The zero-order valence-corrected chi connectivity index (χ0v) is 45.5. The molecule has 0 atom stereocenters. The Kier molecular flexibility index (Phi) is 36.9. The molecule has 361 valence electrons. The first-order valence-electron chi connectivity index (χ1n) is 22.8. The van der Waals surface area contributed by atoms with Crippen molar-refractivity contribution >= 4 is 28.3 Å². The molecule has 0 aliphatic heterocycles. The van der Waals surface area contributed by atoms with Gasteiger partial charge in [-0.25, -0.2) is 0 Å². The van der Waals surface area contributed by atoms with E-state index >= 15 is 0 Å². The Morgan fingerprint density at radius 1 is 0.459 bits per heavy atom. The maximum absolute atomic E-state index is 12.5. The van der Waals surface area contributed by atoms with Crippen LogP contribution in [0.2, 0.25) is 0 Å². The van der Waals surface area contributed by atoms with Crippen LogP contribution in [0.4, 0.5) is 0 Å². The van der Waals surface area contributed by atoms with Gasteiger partial charge in [-0.05, 0) is 58.5 Å². The molecule has 2 rings (SSSR count). The van der Waals surface area contributed by atoms with Crippen LogP contribution in [0.3, 0.4) is 0 Å². The number of allylic oxidation sites excluding steroid dienone is 4. The second-order valence-corrected chi connectivity index (χ2v) is 25.6. The molecule has 2 aliphatic carbocycles. The van der Waals surface area contributed by atoms with Gasteiger partial charge in [-0.3, -0.25) is 9.98 Å². The summed E-state index contributed by atoms with van der Waals surface area (Å²) in [6, 6.07) is 0. The number of nitrogens with zero attached hydrogens (tertiary/aromatic N) is 2. The van der Waals surface area contributed by atoms with Crippen molar-refractivity contribution in [2.75, 3.05) is 132 Å². The van der Waals surface area contributed by atoms with Crippen molar-refractivity contribution in [3.63, 3.8) is 0 Å². The van der Waals surface area contributed by atoms with Crippen LogP contribution in [0.1, 0.15) is 120 Å².